The van der Waals surface area contributed by atoms with Crippen LogP contribution < -0.4 is 0 Å². The first-order chi connectivity index (χ1) is 13.1. The van der Waals surface area contributed by atoms with E-state index in [2.05, 4.69) is 67.3 Å². The molecule has 146 valence electrons. The Morgan fingerprint density at radius 3 is 1.93 bits per heavy atom. The number of hydrogen-bond acceptors (Lipinski definition) is 3. The van der Waals surface area contributed by atoms with Crippen LogP contribution in [0, 0.1) is 11.8 Å². The van der Waals surface area contributed by atoms with Crippen LogP contribution in [-0.4, -0.2) is 49.0 Å². The minimum atomic E-state index is -0.435. The Morgan fingerprint density at radius 1 is 0.889 bits per heavy atom. The summed E-state index contributed by atoms with van der Waals surface area (Å²) in [5.74, 6) is 1.61. The molecule has 0 radical (unpaired) electrons. The second kappa shape index (κ2) is 10.0. The van der Waals surface area contributed by atoms with Crippen molar-refractivity contribution >= 4 is 0 Å². The smallest absolute Gasteiger partial charge is 0.0900 e. The van der Waals surface area contributed by atoms with Crippen LogP contribution in [0.4, 0.5) is 0 Å². The number of nitrogens with zero attached hydrogens (tertiary/aromatic N) is 1. The number of ether oxygens (including phenoxy) is 1. The molecule has 3 nitrogen and oxygen atoms in total. The van der Waals surface area contributed by atoms with Gasteiger partial charge in [-0.15, -0.1) is 0 Å². The highest BCUT2D eigenvalue weighted by molar-refractivity contribution is 5.32. The normalized spacial score (nSPS) is 22.1. The van der Waals surface area contributed by atoms with Gasteiger partial charge >= 0.3 is 0 Å². The minimum Gasteiger partial charge on any atom is -0.389 e. The monoisotopic (exact) mass is 367 g/mol. The molecular formula is C24H33NO2. The summed E-state index contributed by atoms with van der Waals surface area (Å²) in [7, 11) is 0. The Morgan fingerprint density at radius 2 is 1.41 bits per heavy atom. The highest BCUT2D eigenvalue weighted by Crippen LogP contribution is 2.25. The summed E-state index contributed by atoms with van der Waals surface area (Å²) < 4.78 is 5.98. The van der Waals surface area contributed by atoms with Crippen molar-refractivity contribution in [2.75, 3.05) is 32.8 Å². The molecule has 3 heteroatoms. The number of hydrogen-bond donors (Lipinski definition) is 1. The lowest BCUT2D eigenvalue weighted by Crippen LogP contribution is -2.43. The number of β-amino-alcohol motifs (C(OH)–C–C–N with tert-alkyl or cyclic N) is 1. The van der Waals surface area contributed by atoms with E-state index in [-0.39, 0.29) is 5.92 Å². The second-order valence-electron chi connectivity index (χ2n) is 8.23. The molecule has 27 heavy (non-hydrogen) atoms. The molecule has 2 aromatic carbocycles. The summed E-state index contributed by atoms with van der Waals surface area (Å²) >= 11 is 0. The van der Waals surface area contributed by atoms with E-state index in [1.807, 2.05) is 12.1 Å². The fraction of sp³-hybridized carbons (Fsp3) is 0.500. The maximum Gasteiger partial charge on any atom is 0.0900 e. The Bertz CT molecular complexity index is 611. The van der Waals surface area contributed by atoms with Crippen molar-refractivity contribution in [3.8, 4) is 0 Å². The van der Waals surface area contributed by atoms with Gasteiger partial charge in [0.1, 0.15) is 0 Å². The van der Waals surface area contributed by atoms with Crippen LogP contribution in [0.2, 0.25) is 0 Å². The van der Waals surface area contributed by atoms with Crippen molar-refractivity contribution in [2.45, 2.75) is 32.3 Å². The van der Waals surface area contributed by atoms with Gasteiger partial charge in [0.2, 0.25) is 0 Å². The lowest BCUT2D eigenvalue weighted by Gasteiger charge is -2.36. The molecule has 1 N–H and O–H groups in total. The predicted octanol–water partition coefficient (Wildman–Crippen LogP) is 4.17. The molecule has 2 aromatic rings. The summed E-state index contributed by atoms with van der Waals surface area (Å²) in [4.78, 5) is 2.39. The van der Waals surface area contributed by atoms with E-state index < -0.39 is 6.10 Å². The third kappa shape index (κ3) is 6.17. The molecule has 3 atom stereocenters. The average molecular weight is 368 g/mol. The zero-order valence-electron chi connectivity index (χ0n) is 16.6. The Labute approximate surface area is 164 Å². The Kier molecular flexibility index (Phi) is 7.45. The van der Waals surface area contributed by atoms with Crippen LogP contribution in [0.1, 0.15) is 37.3 Å². The first-order valence-corrected chi connectivity index (χ1v) is 10.2. The van der Waals surface area contributed by atoms with Crippen LogP contribution in [0.3, 0.4) is 0 Å². The summed E-state index contributed by atoms with van der Waals surface area (Å²) in [6.45, 7) is 8.44. The van der Waals surface area contributed by atoms with Crippen molar-refractivity contribution in [3.63, 3.8) is 0 Å². The molecule has 1 fully saturated rings. The predicted molar refractivity (Wildman–Crippen MR) is 111 cm³/mol. The lowest BCUT2D eigenvalue weighted by molar-refractivity contribution is 0.00289. The van der Waals surface area contributed by atoms with Crippen molar-refractivity contribution in [1.29, 1.82) is 0 Å². The summed E-state index contributed by atoms with van der Waals surface area (Å²) in [5, 5.41) is 10.5. The third-order valence-electron chi connectivity index (χ3n) is 5.41. The zero-order chi connectivity index (χ0) is 19.1. The molecule has 1 aliphatic heterocycles. The topological polar surface area (TPSA) is 32.7 Å². The van der Waals surface area contributed by atoms with E-state index in [1.54, 1.807) is 0 Å². The number of piperidine rings is 1. The van der Waals surface area contributed by atoms with Crippen molar-refractivity contribution in [2.24, 2.45) is 11.8 Å². The van der Waals surface area contributed by atoms with Gasteiger partial charge in [-0.3, -0.25) is 0 Å². The molecular weight excluding hydrogens is 334 g/mol. The molecule has 1 aliphatic rings. The van der Waals surface area contributed by atoms with Crippen LogP contribution >= 0.6 is 0 Å². The molecule has 3 rings (SSSR count). The van der Waals surface area contributed by atoms with E-state index in [1.165, 1.54) is 17.5 Å². The van der Waals surface area contributed by atoms with Crippen LogP contribution in [0.5, 0.6) is 0 Å². The van der Waals surface area contributed by atoms with Gasteiger partial charge in [0, 0.05) is 25.6 Å². The molecule has 1 heterocycles. The van der Waals surface area contributed by atoms with Gasteiger partial charge in [0.05, 0.1) is 19.3 Å². The fourth-order valence-electron chi connectivity index (χ4n) is 4.37. The van der Waals surface area contributed by atoms with Gasteiger partial charge in [-0.05, 0) is 29.4 Å². The van der Waals surface area contributed by atoms with Gasteiger partial charge in [0.25, 0.3) is 0 Å². The van der Waals surface area contributed by atoms with E-state index in [0.29, 0.717) is 31.6 Å². The molecule has 1 saturated heterocycles. The highest BCUT2D eigenvalue weighted by Gasteiger charge is 2.23. The SMILES string of the molecule is C[C@H]1C[C@H](C)CN(C[C@H](O)COCC(c2ccccc2)c2ccccc2)C1. The van der Waals surface area contributed by atoms with Gasteiger partial charge in [0.15, 0.2) is 0 Å². The number of aliphatic hydroxyl groups excluding tert-OH is 1. The van der Waals surface area contributed by atoms with Gasteiger partial charge < -0.3 is 14.7 Å². The average Bonchev–Trinajstić information content (AvgIpc) is 2.66. The van der Waals surface area contributed by atoms with Crippen molar-refractivity contribution in [1.82, 2.24) is 4.90 Å². The number of rotatable bonds is 8. The largest absolute Gasteiger partial charge is 0.389 e. The zero-order valence-corrected chi connectivity index (χ0v) is 16.6. The molecule has 0 amide bonds. The Hall–Kier alpha value is -1.68. The second-order valence-corrected chi connectivity index (χ2v) is 8.23. The van der Waals surface area contributed by atoms with E-state index in [9.17, 15) is 5.11 Å². The van der Waals surface area contributed by atoms with Crippen LogP contribution in [-0.2, 0) is 4.74 Å². The molecule has 0 aliphatic carbocycles. The summed E-state index contributed by atoms with van der Waals surface area (Å²) in [5.41, 5.74) is 2.49. The first kappa shape index (κ1) is 20.1. The number of benzene rings is 2. The van der Waals surface area contributed by atoms with Gasteiger partial charge in [-0.2, -0.15) is 0 Å². The maximum atomic E-state index is 10.5. The maximum absolute atomic E-state index is 10.5. The van der Waals surface area contributed by atoms with Crippen LogP contribution in [0.15, 0.2) is 60.7 Å². The lowest BCUT2D eigenvalue weighted by atomic mass is 9.92. The molecule has 0 spiro atoms. The van der Waals surface area contributed by atoms with Crippen molar-refractivity contribution < 1.29 is 9.84 Å². The molecule has 0 unspecified atom stereocenters. The highest BCUT2D eigenvalue weighted by atomic mass is 16.5. The standard InChI is InChI=1S/C24H33NO2/c1-19-13-20(2)15-25(14-19)16-23(26)17-27-18-24(21-9-5-3-6-10-21)22-11-7-4-8-12-22/h3-12,19-20,23-24,26H,13-18H2,1-2H3/t19-,20-,23-/m0/s1. The number of aliphatic hydroxyl groups is 1. The molecule has 0 bridgehead atoms. The minimum absolute atomic E-state index is 0.189. The van der Waals surface area contributed by atoms with E-state index >= 15 is 0 Å². The van der Waals surface area contributed by atoms with Gasteiger partial charge in [-0.1, -0.05) is 74.5 Å². The Balaban J connectivity index is 1.53. The van der Waals surface area contributed by atoms with E-state index in [0.717, 1.165) is 13.1 Å². The molecule has 0 saturated carbocycles. The molecule has 0 aromatic heterocycles. The summed E-state index contributed by atoms with van der Waals surface area (Å²) in [6, 6.07) is 20.9. The first-order valence-electron chi connectivity index (χ1n) is 10.2. The van der Waals surface area contributed by atoms with Gasteiger partial charge in [-0.25, -0.2) is 0 Å². The summed E-state index contributed by atoms with van der Waals surface area (Å²) in [6.07, 6.45) is 0.855. The van der Waals surface area contributed by atoms with Crippen molar-refractivity contribution in [3.05, 3.63) is 71.8 Å². The van der Waals surface area contributed by atoms with E-state index in [4.69, 9.17) is 4.74 Å². The fourth-order valence-corrected chi connectivity index (χ4v) is 4.37. The van der Waals surface area contributed by atoms with Crippen LogP contribution in [0.25, 0.3) is 0 Å². The quantitative estimate of drug-likeness (QED) is 0.760. The number of likely N-dealkylation sites (tertiary alicyclic amines) is 1. The third-order valence-corrected chi connectivity index (χ3v) is 5.41.